The van der Waals surface area contributed by atoms with Gasteiger partial charge in [-0.15, -0.1) is 0 Å². The number of halogens is 4. The summed E-state index contributed by atoms with van der Waals surface area (Å²) in [6.45, 7) is 6.10. The average molecular weight is 502 g/mol. The monoisotopic (exact) mass is 500 g/mol. The van der Waals surface area contributed by atoms with Crippen molar-refractivity contribution in [2.75, 3.05) is 0 Å². The second-order valence-corrected chi connectivity index (χ2v) is 10.2. The van der Waals surface area contributed by atoms with Crippen molar-refractivity contribution in [1.82, 2.24) is 5.32 Å². The van der Waals surface area contributed by atoms with Crippen LogP contribution in [0.3, 0.4) is 0 Å². The molecule has 1 heterocycles. The number of carbonyl (C=O) groups is 1. The van der Waals surface area contributed by atoms with Crippen molar-refractivity contribution in [1.29, 1.82) is 0 Å². The van der Waals surface area contributed by atoms with Crippen LogP contribution < -0.4 is 11.1 Å². The maximum Gasteiger partial charge on any atom is 0.321 e. The lowest BCUT2D eigenvalue weighted by Gasteiger charge is -2.28. The molecule has 1 aliphatic heterocycles. The normalized spacial score (nSPS) is 24.3. The highest BCUT2D eigenvalue weighted by atomic mass is 79.9. The number of rotatable bonds is 4. The Morgan fingerprint density at radius 2 is 1.93 bits per heavy atom. The SMILES string of the molecule is CC(C)(C)C[C@@H]1N[C@@H](C(=O)O)[C@H](c2c(-c3cc(F)cc(Cl)c3)ccc(Br)c2F)C1N. The molecule has 0 spiro atoms. The van der Waals surface area contributed by atoms with Gasteiger partial charge in [-0.3, -0.25) is 10.1 Å². The standard InChI is InChI=1S/C22H24BrClF2N2O2/c1-22(2,3)9-15-19(27)17(20(28-15)21(29)30)16-13(4-5-14(23)18(16)26)10-6-11(24)8-12(25)7-10/h4-8,15,17,19-20,28H,9,27H2,1-3H3,(H,29,30)/t15-,17+,19?,20+/m0/s1. The molecule has 4 nitrogen and oxygen atoms in total. The van der Waals surface area contributed by atoms with Crippen LogP contribution in [0.15, 0.2) is 34.8 Å². The summed E-state index contributed by atoms with van der Waals surface area (Å²) in [6.07, 6.45) is 0.616. The molecule has 0 saturated carbocycles. The van der Waals surface area contributed by atoms with Crippen LogP contribution in [-0.4, -0.2) is 29.2 Å². The number of carboxylic acid groups (broad SMARTS) is 1. The van der Waals surface area contributed by atoms with Gasteiger partial charge in [0.2, 0.25) is 0 Å². The number of hydrogen-bond donors (Lipinski definition) is 3. The maximum atomic E-state index is 15.4. The fourth-order valence-electron chi connectivity index (χ4n) is 4.21. The second kappa shape index (κ2) is 8.54. The smallest absolute Gasteiger partial charge is 0.321 e. The Balaban J connectivity index is 2.19. The van der Waals surface area contributed by atoms with Gasteiger partial charge in [-0.25, -0.2) is 8.78 Å². The zero-order chi connectivity index (χ0) is 22.4. The van der Waals surface area contributed by atoms with Gasteiger partial charge in [0.15, 0.2) is 0 Å². The first-order valence-electron chi connectivity index (χ1n) is 9.58. The van der Waals surface area contributed by atoms with E-state index >= 15 is 4.39 Å². The molecule has 1 saturated heterocycles. The summed E-state index contributed by atoms with van der Waals surface area (Å²) >= 11 is 9.20. The van der Waals surface area contributed by atoms with Crippen LogP contribution in [0.2, 0.25) is 5.02 Å². The minimum absolute atomic E-state index is 0.109. The molecule has 2 aromatic carbocycles. The summed E-state index contributed by atoms with van der Waals surface area (Å²) in [5, 5.41) is 13.1. The van der Waals surface area contributed by atoms with E-state index in [4.69, 9.17) is 17.3 Å². The Morgan fingerprint density at radius 3 is 2.50 bits per heavy atom. The summed E-state index contributed by atoms with van der Waals surface area (Å²) in [5.41, 5.74) is 7.25. The highest BCUT2D eigenvalue weighted by Crippen LogP contribution is 2.42. The first-order valence-corrected chi connectivity index (χ1v) is 10.7. The summed E-state index contributed by atoms with van der Waals surface area (Å²) < 4.78 is 29.6. The number of hydrogen-bond acceptors (Lipinski definition) is 3. The number of nitrogens with two attached hydrogens (primary N) is 1. The van der Waals surface area contributed by atoms with Crippen molar-refractivity contribution < 1.29 is 18.7 Å². The molecule has 162 valence electrons. The van der Waals surface area contributed by atoms with Gasteiger partial charge in [0.05, 0.1) is 4.47 Å². The van der Waals surface area contributed by atoms with E-state index in [2.05, 4.69) is 21.2 Å². The third-order valence-electron chi connectivity index (χ3n) is 5.37. The predicted molar refractivity (Wildman–Crippen MR) is 118 cm³/mol. The largest absolute Gasteiger partial charge is 0.480 e. The molecule has 1 aliphatic rings. The first-order chi connectivity index (χ1) is 13.9. The van der Waals surface area contributed by atoms with E-state index in [1.807, 2.05) is 20.8 Å². The third-order valence-corrected chi connectivity index (χ3v) is 6.20. The van der Waals surface area contributed by atoms with E-state index in [-0.39, 0.29) is 26.5 Å². The quantitative estimate of drug-likeness (QED) is 0.530. The average Bonchev–Trinajstić information content (AvgIpc) is 2.91. The first kappa shape index (κ1) is 23.1. The molecular weight excluding hydrogens is 478 g/mol. The van der Waals surface area contributed by atoms with E-state index in [9.17, 15) is 14.3 Å². The molecule has 4 atom stereocenters. The van der Waals surface area contributed by atoms with Gasteiger partial charge in [-0.1, -0.05) is 38.4 Å². The van der Waals surface area contributed by atoms with Crippen molar-refractivity contribution in [2.45, 2.75) is 51.2 Å². The van der Waals surface area contributed by atoms with Crippen molar-refractivity contribution in [2.24, 2.45) is 11.1 Å². The number of benzene rings is 2. The number of nitrogens with one attached hydrogen (secondary N) is 1. The molecule has 0 radical (unpaired) electrons. The Labute approximate surface area is 187 Å². The summed E-state index contributed by atoms with van der Waals surface area (Å²) in [7, 11) is 0. The molecule has 1 fully saturated rings. The zero-order valence-corrected chi connectivity index (χ0v) is 19.2. The Kier molecular flexibility index (Phi) is 6.58. The third kappa shape index (κ3) is 4.69. The Hall–Kier alpha value is -1.54. The fraction of sp³-hybridized carbons (Fsp3) is 0.409. The number of aliphatic carboxylic acids is 1. The van der Waals surface area contributed by atoms with Gasteiger partial charge in [-0.05, 0) is 63.2 Å². The molecule has 1 unspecified atom stereocenters. The van der Waals surface area contributed by atoms with Gasteiger partial charge in [-0.2, -0.15) is 0 Å². The van der Waals surface area contributed by atoms with Crippen LogP contribution in [0.4, 0.5) is 8.78 Å². The fourth-order valence-corrected chi connectivity index (χ4v) is 4.78. The van der Waals surface area contributed by atoms with E-state index < -0.39 is 35.6 Å². The van der Waals surface area contributed by atoms with E-state index in [0.29, 0.717) is 17.5 Å². The van der Waals surface area contributed by atoms with Gasteiger partial charge < -0.3 is 10.8 Å². The van der Waals surface area contributed by atoms with Gasteiger partial charge in [0, 0.05) is 28.6 Å². The van der Waals surface area contributed by atoms with E-state index in [1.165, 1.54) is 18.2 Å². The topological polar surface area (TPSA) is 75.3 Å². The van der Waals surface area contributed by atoms with Crippen LogP contribution in [0.1, 0.15) is 38.7 Å². The molecule has 4 N–H and O–H groups in total. The van der Waals surface area contributed by atoms with Crippen molar-refractivity contribution in [3.8, 4) is 11.1 Å². The van der Waals surface area contributed by atoms with Gasteiger partial charge in [0.1, 0.15) is 17.7 Å². The van der Waals surface area contributed by atoms with E-state index in [0.717, 1.165) is 6.07 Å². The lowest BCUT2D eigenvalue weighted by Crippen LogP contribution is -2.41. The van der Waals surface area contributed by atoms with Gasteiger partial charge >= 0.3 is 5.97 Å². The molecule has 0 amide bonds. The highest BCUT2D eigenvalue weighted by molar-refractivity contribution is 9.10. The number of carboxylic acids is 1. The summed E-state index contributed by atoms with van der Waals surface area (Å²) in [6, 6.07) is 4.98. The second-order valence-electron chi connectivity index (χ2n) is 8.94. The summed E-state index contributed by atoms with van der Waals surface area (Å²) in [4.78, 5) is 12.1. The van der Waals surface area contributed by atoms with Crippen LogP contribution in [0, 0.1) is 17.0 Å². The molecule has 0 bridgehead atoms. The lowest BCUT2D eigenvalue weighted by molar-refractivity contribution is -0.139. The van der Waals surface area contributed by atoms with Crippen LogP contribution >= 0.6 is 27.5 Å². The highest BCUT2D eigenvalue weighted by Gasteiger charge is 2.48. The molecule has 0 aliphatic carbocycles. The Morgan fingerprint density at radius 1 is 1.27 bits per heavy atom. The molecule has 0 aromatic heterocycles. The van der Waals surface area contributed by atoms with Crippen molar-refractivity contribution >= 4 is 33.5 Å². The predicted octanol–water partition coefficient (Wildman–Crippen LogP) is 5.32. The lowest BCUT2D eigenvalue weighted by atomic mass is 9.79. The minimum atomic E-state index is -1.12. The van der Waals surface area contributed by atoms with E-state index in [1.54, 1.807) is 6.07 Å². The van der Waals surface area contributed by atoms with Crippen LogP contribution in [0.5, 0.6) is 0 Å². The van der Waals surface area contributed by atoms with Crippen LogP contribution in [0.25, 0.3) is 11.1 Å². The van der Waals surface area contributed by atoms with Crippen molar-refractivity contribution in [3.05, 3.63) is 57.0 Å². The van der Waals surface area contributed by atoms with Crippen LogP contribution in [-0.2, 0) is 4.79 Å². The molecule has 2 aromatic rings. The molecule has 30 heavy (non-hydrogen) atoms. The summed E-state index contributed by atoms with van der Waals surface area (Å²) in [5.74, 6) is -3.15. The minimum Gasteiger partial charge on any atom is -0.480 e. The Bertz CT molecular complexity index is 960. The zero-order valence-electron chi connectivity index (χ0n) is 16.8. The maximum absolute atomic E-state index is 15.4. The molecular formula is C22H24BrClF2N2O2. The molecule has 8 heteroatoms. The van der Waals surface area contributed by atoms with Crippen molar-refractivity contribution in [3.63, 3.8) is 0 Å². The molecule has 3 rings (SSSR count). The van der Waals surface area contributed by atoms with Gasteiger partial charge in [0.25, 0.3) is 0 Å².